The molecule has 0 saturated carbocycles. The minimum absolute atomic E-state index is 0.129. The van der Waals surface area contributed by atoms with Crippen molar-refractivity contribution in [2.75, 3.05) is 59.6 Å². The average Bonchev–Trinajstić information content (AvgIpc) is 3.13. The number of hydrogen-bond acceptors (Lipinski definition) is 5. The third-order valence-corrected chi connectivity index (χ3v) is 6.69. The van der Waals surface area contributed by atoms with Gasteiger partial charge in [0.05, 0.1) is 26.9 Å². The van der Waals surface area contributed by atoms with Crippen LogP contribution in [0, 0.1) is 5.92 Å². The summed E-state index contributed by atoms with van der Waals surface area (Å²) in [5.41, 5.74) is 1.21. The molecular weight excluding hydrogens is 370 g/mol. The van der Waals surface area contributed by atoms with E-state index in [4.69, 9.17) is 9.47 Å². The molecule has 3 atom stereocenters. The molecule has 7 nitrogen and oxygen atoms in total. The van der Waals surface area contributed by atoms with Gasteiger partial charge in [0, 0.05) is 57.5 Å². The van der Waals surface area contributed by atoms with Crippen LogP contribution in [0.25, 0.3) is 0 Å². The number of amides is 2. The molecule has 158 valence electrons. The van der Waals surface area contributed by atoms with Crippen LogP contribution in [0.5, 0.6) is 5.75 Å². The highest BCUT2D eigenvalue weighted by Crippen LogP contribution is 2.41. The minimum Gasteiger partial charge on any atom is -0.497 e. The number of rotatable bonds is 4. The van der Waals surface area contributed by atoms with Crippen LogP contribution in [-0.4, -0.2) is 92.1 Å². The molecule has 0 N–H and O–H groups in total. The van der Waals surface area contributed by atoms with Gasteiger partial charge in [-0.15, -0.1) is 0 Å². The summed E-state index contributed by atoms with van der Waals surface area (Å²) >= 11 is 0. The number of fused-ring (bicyclic) bond motifs is 1. The number of likely N-dealkylation sites (tertiary alicyclic amines) is 2. The first-order valence-electron chi connectivity index (χ1n) is 10.6. The van der Waals surface area contributed by atoms with Gasteiger partial charge in [0.2, 0.25) is 11.8 Å². The van der Waals surface area contributed by atoms with Crippen LogP contribution in [0.1, 0.15) is 24.8 Å². The fourth-order valence-corrected chi connectivity index (χ4v) is 5.08. The second kappa shape index (κ2) is 8.71. The van der Waals surface area contributed by atoms with Crippen LogP contribution in [0.3, 0.4) is 0 Å². The molecule has 3 aliphatic heterocycles. The molecule has 2 amide bonds. The molecule has 0 radical (unpaired) electrons. The van der Waals surface area contributed by atoms with E-state index in [1.807, 2.05) is 21.9 Å². The van der Waals surface area contributed by atoms with Crippen molar-refractivity contribution in [1.82, 2.24) is 14.7 Å². The largest absolute Gasteiger partial charge is 0.497 e. The SMILES string of the molecule is COc1ccc([C@@H]2CN(C(C)=O)[C@H]3CCN(C(=O)CN4CCOCC4)C[C@@H]23)cc1. The zero-order valence-corrected chi connectivity index (χ0v) is 17.4. The van der Waals surface area contributed by atoms with Crippen LogP contribution in [0.4, 0.5) is 0 Å². The van der Waals surface area contributed by atoms with Gasteiger partial charge in [-0.1, -0.05) is 12.1 Å². The van der Waals surface area contributed by atoms with Gasteiger partial charge in [0.1, 0.15) is 5.75 Å². The Morgan fingerprint density at radius 2 is 1.83 bits per heavy atom. The third kappa shape index (κ3) is 4.26. The highest BCUT2D eigenvalue weighted by Gasteiger charge is 2.46. The van der Waals surface area contributed by atoms with Crippen LogP contribution in [-0.2, 0) is 14.3 Å². The second-order valence-corrected chi connectivity index (χ2v) is 8.30. The van der Waals surface area contributed by atoms with E-state index in [9.17, 15) is 9.59 Å². The van der Waals surface area contributed by atoms with Crippen molar-refractivity contribution in [1.29, 1.82) is 0 Å². The van der Waals surface area contributed by atoms with Gasteiger partial charge in [0.15, 0.2) is 0 Å². The molecule has 3 aliphatic rings. The normalized spacial score (nSPS) is 27.6. The Morgan fingerprint density at radius 3 is 2.48 bits per heavy atom. The zero-order valence-electron chi connectivity index (χ0n) is 17.4. The summed E-state index contributed by atoms with van der Waals surface area (Å²) in [6, 6.07) is 8.36. The summed E-state index contributed by atoms with van der Waals surface area (Å²) < 4.78 is 10.7. The highest BCUT2D eigenvalue weighted by molar-refractivity contribution is 5.79. The Balaban J connectivity index is 1.48. The molecule has 3 heterocycles. The van der Waals surface area contributed by atoms with Gasteiger partial charge < -0.3 is 19.3 Å². The Hall–Kier alpha value is -2.12. The molecule has 0 aromatic heterocycles. The molecule has 4 rings (SSSR count). The van der Waals surface area contributed by atoms with Crippen molar-refractivity contribution in [2.45, 2.75) is 25.3 Å². The first-order chi connectivity index (χ1) is 14.1. The number of piperidine rings is 1. The summed E-state index contributed by atoms with van der Waals surface area (Å²) in [5, 5.41) is 0. The van der Waals surface area contributed by atoms with E-state index in [0.717, 1.165) is 38.3 Å². The number of benzene rings is 1. The number of carbonyl (C=O) groups is 2. The van der Waals surface area contributed by atoms with E-state index in [2.05, 4.69) is 17.0 Å². The molecule has 0 unspecified atom stereocenters. The molecule has 1 aromatic carbocycles. The van der Waals surface area contributed by atoms with E-state index in [1.165, 1.54) is 5.56 Å². The van der Waals surface area contributed by atoms with Crippen LogP contribution in [0.15, 0.2) is 24.3 Å². The molecule has 3 fully saturated rings. The number of hydrogen-bond donors (Lipinski definition) is 0. The predicted octanol–water partition coefficient (Wildman–Crippen LogP) is 1.19. The number of carbonyl (C=O) groups excluding carboxylic acids is 2. The molecule has 3 saturated heterocycles. The standard InChI is InChI=1S/C22H31N3O4/c1-16(26)25-14-19(17-3-5-18(28-2)6-4-17)20-13-24(8-7-21(20)25)22(27)15-23-9-11-29-12-10-23/h3-6,19-21H,7-15H2,1-2H3/t19-,20-,21-/m0/s1. The maximum Gasteiger partial charge on any atom is 0.236 e. The number of nitrogens with zero attached hydrogens (tertiary/aromatic N) is 3. The first kappa shape index (κ1) is 20.2. The number of morpholine rings is 1. The average molecular weight is 402 g/mol. The van der Waals surface area contributed by atoms with Crippen LogP contribution < -0.4 is 4.74 Å². The van der Waals surface area contributed by atoms with E-state index in [0.29, 0.717) is 26.3 Å². The Bertz CT molecular complexity index is 732. The van der Waals surface area contributed by atoms with E-state index >= 15 is 0 Å². The fraction of sp³-hybridized carbons (Fsp3) is 0.636. The van der Waals surface area contributed by atoms with Crippen molar-refractivity contribution in [3.05, 3.63) is 29.8 Å². The van der Waals surface area contributed by atoms with Crippen molar-refractivity contribution < 1.29 is 19.1 Å². The lowest BCUT2D eigenvalue weighted by atomic mass is 9.81. The van der Waals surface area contributed by atoms with Gasteiger partial charge in [-0.05, 0) is 24.1 Å². The van der Waals surface area contributed by atoms with Crippen molar-refractivity contribution in [2.24, 2.45) is 5.92 Å². The van der Waals surface area contributed by atoms with Gasteiger partial charge >= 0.3 is 0 Å². The molecule has 29 heavy (non-hydrogen) atoms. The Kier molecular flexibility index (Phi) is 6.06. The predicted molar refractivity (Wildman–Crippen MR) is 109 cm³/mol. The van der Waals surface area contributed by atoms with Gasteiger partial charge in [-0.3, -0.25) is 14.5 Å². The zero-order chi connectivity index (χ0) is 20.4. The van der Waals surface area contributed by atoms with Crippen molar-refractivity contribution >= 4 is 11.8 Å². The lowest BCUT2D eigenvalue weighted by molar-refractivity contribution is -0.136. The summed E-state index contributed by atoms with van der Waals surface area (Å²) in [4.78, 5) is 31.4. The smallest absolute Gasteiger partial charge is 0.236 e. The maximum absolute atomic E-state index is 12.9. The Morgan fingerprint density at radius 1 is 1.10 bits per heavy atom. The first-order valence-corrected chi connectivity index (χ1v) is 10.6. The maximum atomic E-state index is 12.9. The Labute approximate surface area is 172 Å². The van der Waals surface area contributed by atoms with Gasteiger partial charge in [-0.25, -0.2) is 0 Å². The highest BCUT2D eigenvalue weighted by atomic mass is 16.5. The van der Waals surface area contributed by atoms with E-state index < -0.39 is 0 Å². The summed E-state index contributed by atoms with van der Waals surface area (Å²) in [6.07, 6.45) is 0.853. The summed E-state index contributed by atoms with van der Waals surface area (Å²) in [6.45, 7) is 7.32. The lowest BCUT2D eigenvalue weighted by Gasteiger charge is -2.39. The number of methoxy groups -OCH3 is 1. The lowest BCUT2D eigenvalue weighted by Crippen LogP contribution is -2.52. The molecule has 7 heteroatoms. The quantitative estimate of drug-likeness (QED) is 0.759. The molecule has 1 aromatic rings. The summed E-state index contributed by atoms with van der Waals surface area (Å²) in [7, 11) is 1.66. The monoisotopic (exact) mass is 401 g/mol. The van der Waals surface area contributed by atoms with Gasteiger partial charge in [0.25, 0.3) is 0 Å². The van der Waals surface area contributed by atoms with Crippen LogP contribution >= 0.6 is 0 Å². The van der Waals surface area contributed by atoms with Gasteiger partial charge in [-0.2, -0.15) is 0 Å². The molecule has 0 bridgehead atoms. The van der Waals surface area contributed by atoms with E-state index in [1.54, 1.807) is 14.0 Å². The van der Waals surface area contributed by atoms with Crippen LogP contribution in [0.2, 0.25) is 0 Å². The molecular formula is C22H31N3O4. The second-order valence-electron chi connectivity index (χ2n) is 8.30. The molecule has 0 aliphatic carbocycles. The summed E-state index contributed by atoms with van der Waals surface area (Å²) in [5.74, 6) is 1.67. The fourth-order valence-electron chi connectivity index (χ4n) is 5.08. The number of ether oxygens (including phenoxy) is 2. The minimum atomic E-state index is 0.129. The molecule has 0 spiro atoms. The topological polar surface area (TPSA) is 62.3 Å². The van der Waals surface area contributed by atoms with Crippen molar-refractivity contribution in [3.63, 3.8) is 0 Å². The van der Waals surface area contributed by atoms with E-state index in [-0.39, 0.29) is 29.7 Å². The third-order valence-electron chi connectivity index (χ3n) is 6.69. The van der Waals surface area contributed by atoms with Crippen molar-refractivity contribution in [3.8, 4) is 5.75 Å².